The van der Waals surface area contributed by atoms with Crippen LogP contribution in [0.15, 0.2) is 18.2 Å². The highest BCUT2D eigenvalue weighted by Crippen LogP contribution is 2.54. The van der Waals surface area contributed by atoms with Crippen LogP contribution in [0.25, 0.3) is 0 Å². The number of benzene rings is 1. The van der Waals surface area contributed by atoms with Crippen molar-refractivity contribution in [2.24, 2.45) is 16.6 Å². The molecule has 1 aromatic carbocycles. The van der Waals surface area contributed by atoms with Crippen molar-refractivity contribution in [3.8, 4) is 11.8 Å². The number of alkyl halides is 3. The summed E-state index contributed by atoms with van der Waals surface area (Å²) in [6.07, 6.45) is -4.89. The summed E-state index contributed by atoms with van der Waals surface area (Å²) in [5.41, 5.74) is 4.05. The first-order chi connectivity index (χ1) is 9.92. The van der Waals surface area contributed by atoms with Crippen LogP contribution in [0, 0.1) is 22.2 Å². The summed E-state index contributed by atoms with van der Waals surface area (Å²) in [4.78, 5) is 0. The maximum absolute atomic E-state index is 13.0. The average Bonchev–Trinajstić information content (AvgIpc) is 2.42. The van der Waals surface area contributed by atoms with Gasteiger partial charge >= 0.3 is 6.18 Å². The van der Waals surface area contributed by atoms with Gasteiger partial charge in [0.2, 0.25) is 0 Å². The van der Waals surface area contributed by atoms with E-state index in [4.69, 9.17) is 15.7 Å². The van der Waals surface area contributed by atoms with Gasteiger partial charge in [0.15, 0.2) is 0 Å². The molecule has 120 valence electrons. The second-order valence-corrected chi connectivity index (χ2v) is 6.94. The van der Waals surface area contributed by atoms with Gasteiger partial charge in [0.25, 0.3) is 0 Å². The van der Waals surface area contributed by atoms with Crippen molar-refractivity contribution in [2.45, 2.75) is 46.0 Å². The lowest BCUT2D eigenvalue weighted by Crippen LogP contribution is -2.72. The van der Waals surface area contributed by atoms with Gasteiger partial charge in [0.1, 0.15) is 11.9 Å². The Morgan fingerprint density at radius 2 is 1.73 bits per heavy atom. The van der Waals surface area contributed by atoms with Crippen LogP contribution < -0.4 is 10.5 Å². The third kappa shape index (κ3) is 2.44. The van der Waals surface area contributed by atoms with Crippen molar-refractivity contribution < 1.29 is 17.9 Å². The van der Waals surface area contributed by atoms with Crippen LogP contribution in [-0.4, -0.2) is 12.1 Å². The molecule has 6 heteroatoms. The van der Waals surface area contributed by atoms with Gasteiger partial charge in [-0.05, 0) is 18.2 Å². The molecule has 1 fully saturated rings. The molecule has 0 bridgehead atoms. The molecule has 2 N–H and O–H groups in total. The Labute approximate surface area is 127 Å². The number of nitrogens with zero attached hydrogens (tertiary/aromatic N) is 1. The molecule has 0 atom stereocenters. The van der Waals surface area contributed by atoms with Gasteiger partial charge in [-0.2, -0.15) is 18.4 Å². The van der Waals surface area contributed by atoms with Gasteiger partial charge in [-0.3, -0.25) is 0 Å². The maximum atomic E-state index is 13.0. The molecule has 3 nitrogen and oxygen atoms in total. The number of halogens is 3. The summed E-state index contributed by atoms with van der Waals surface area (Å²) < 4.78 is 44.8. The van der Waals surface area contributed by atoms with Crippen LogP contribution in [-0.2, 0) is 6.18 Å². The molecule has 0 aliphatic heterocycles. The van der Waals surface area contributed by atoms with Gasteiger partial charge in [-0.15, -0.1) is 0 Å². The lowest BCUT2D eigenvalue weighted by atomic mass is 9.50. The topological polar surface area (TPSA) is 59.0 Å². The molecular weight excluding hydrogens is 293 g/mol. The number of nitrogens with two attached hydrogens (primary N) is 1. The SMILES string of the molecule is CC1(C)[C@H](N)C(C)(C)[C@H]1Oc1ccc(C#N)c(C(F)(F)F)c1. The maximum Gasteiger partial charge on any atom is 0.417 e. The van der Waals surface area contributed by atoms with Crippen molar-refractivity contribution in [1.29, 1.82) is 5.26 Å². The lowest BCUT2D eigenvalue weighted by molar-refractivity contribution is -0.156. The summed E-state index contributed by atoms with van der Waals surface area (Å²) in [6, 6.07) is 4.86. The second kappa shape index (κ2) is 4.88. The van der Waals surface area contributed by atoms with E-state index < -0.39 is 17.3 Å². The largest absolute Gasteiger partial charge is 0.489 e. The Kier molecular flexibility index (Phi) is 3.69. The van der Waals surface area contributed by atoms with Crippen LogP contribution in [0.2, 0.25) is 0 Å². The molecule has 0 radical (unpaired) electrons. The molecule has 1 aromatic rings. The summed E-state index contributed by atoms with van der Waals surface area (Å²) in [6.45, 7) is 7.73. The van der Waals surface area contributed by atoms with Crippen LogP contribution in [0.5, 0.6) is 5.75 Å². The summed E-state index contributed by atoms with van der Waals surface area (Å²) >= 11 is 0. The number of hydrogen-bond donors (Lipinski definition) is 1. The molecule has 0 heterocycles. The number of rotatable bonds is 2. The monoisotopic (exact) mass is 312 g/mol. The third-order valence-electron chi connectivity index (χ3n) is 4.63. The Balaban J connectivity index is 2.34. The highest BCUT2D eigenvalue weighted by Gasteiger charge is 2.61. The molecule has 2 rings (SSSR count). The number of hydrogen-bond acceptors (Lipinski definition) is 3. The minimum absolute atomic E-state index is 0.101. The molecule has 1 aliphatic carbocycles. The van der Waals surface area contributed by atoms with Crippen LogP contribution in [0.3, 0.4) is 0 Å². The Hall–Kier alpha value is -1.74. The zero-order valence-electron chi connectivity index (χ0n) is 13.0. The minimum Gasteiger partial charge on any atom is -0.489 e. The first-order valence-corrected chi connectivity index (χ1v) is 6.96. The smallest absolute Gasteiger partial charge is 0.417 e. The van der Waals surface area contributed by atoms with Crippen molar-refractivity contribution >= 4 is 0 Å². The van der Waals surface area contributed by atoms with E-state index in [-0.39, 0.29) is 28.7 Å². The molecule has 22 heavy (non-hydrogen) atoms. The summed E-state index contributed by atoms with van der Waals surface area (Å²) in [7, 11) is 0. The minimum atomic E-state index is -4.59. The number of ether oxygens (including phenoxy) is 1. The molecule has 1 saturated carbocycles. The lowest BCUT2D eigenvalue weighted by Gasteiger charge is -2.61. The standard InChI is InChI=1S/C16H19F3N2O/c1-14(2)12(21)15(3,4)13(14)22-10-6-5-9(8-20)11(7-10)16(17,18)19/h5-7,12-13H,21H2,1-4H3/t12-,13-. The fraction of sp³-hybridized carbons (Fsp3) is 0.562. The molecule has 1 aliphatic rings. The summed E-state index contributed by atoms with van der Waals surface area (Å²) in [5.74, 6) is 0.101. The van der Waals surface area contributed by atoms with Gasteiger partial charge in [-0.25, -0.2) is 0 Å². The summed E-state index contributed by atoms with van der Waals surface area (Å²) in [5, 5.41) is 8.81. The van der Waals surface area contributed by atoms with Crippen molar-refractivity contribution in [3.05, 3.63) is 29.3 Å². The average molecular weight is 312 g/mol. The van der Waals surface area contributed by atoms with E-state index in [2.05, 4.69) is 0 Å². The zero-order valence-corrected chi connectivity index (χ0v) is 13.0. The molecule has 0 amide bonds. The fourth-order valence-corrected chi connectivity index (χ4v) is 3.52. The van der Waals surface area contributed by atoms with Crippen LogP contribution >= 0.6 is 0 Å². The predicted octanol–water partition coefficient (Wildman–Crippen LogP) is 3.72. The van der Waals surface area contributed by atoms with Gasteiger partial charge in [-0.1, -0.05) is 27.7 Å². The quantitative estimate of drug-likeness (QED) is 0.905. The predicted molar refractivity (Wildman–Crippen MR) is 76.1 cm³/mol. The Morgan fingerprint density at radius 1 is 1.18 bits per heavy atom. The molecule has 0 spiro atoms. The van der Waals surface area contributed by atoms with E-state index >= 15 is 0 Å². The molecule has 0 saturated heterocycles. The first kappa shape index (κ1) is 16.6. The third-order valence-corrected chi connectivity index (χ3v) is 4.63. The zero-order chi connectivity index (χ0) is 16.9. The van der Waals surface area contributed by atoms with Crippen molar-refractivity contribution in [2.75, 3.05) is 0 Å². The van der Waals surface area contributed by atoms with Crippen molar-refractivity contribution in [3.63, 3.8) is 0 Å². The van der Waals surface area contributed by atoms with Crippen LogP contribution in [0.1, 0.15) is 38.8 Å². The number of nitriles is 1. The van der Waals surface area contributed by atoms with Crippen molar-refractivity contribution in [1.82, 2.24) is 0 Å². The Morgan fingerprint density at radius 3 is 2.18 bits per heavy atom. The van der Waals surface area contributed by atoms with Gasteiger partial charge < -0.3 is 10.5 Å². The van der Waals surface area contributed by atoms with E-state index in [0.717, 1.165) is 12.1 Å². The van der Waals surface area contributed by atoms with Gasteiger partial charge in [0, 0.05) is 16.9 Å². The second-order valence-electron chi connectivity index (χ2n) is 6.94. The van der Waals surface area contributed by atoms with E-state index in [1.54, 1.807) is 6.07 Å². The molecular formula is C16H19F3N2O. The van der Waals surface area contributed by atoms with E-state index in [1.807, 2.05) is 27.7 Å². The van der Waals surface area contributed by atoms with E-state index in [9.17, 15) is 13.2 Å². The van der Waals surface area contributed by atoms with Gasteiger partial charge in [0.05, 0.1) is 17.2 Å². The highest BCUT2D eigenvalue weighted by atomic mass is 19.4. The Bertz CT molecular complexity index is 613. The van der Waals surface area contributed by atoms with E-state index in [1.165, 1.54) is 6.07 Å². The molecule has 0 aromatic heterocycles. The highest BCUT2D eigenvalue weighted by molar-refractivity contribution is 5.44. The normalized spacial score (nSPS) is 26.0. The van der Waals surface area contributed by atoms with Crippen LogP contribution in [0.4, 0.5) is 13.2 Å². The first-order valence-electron chi connectivity index (χ1n) is 6.96. The molecule has 0 unspecified atom stereocenters. The van der Waals surface area contributed by atoms with E-state index in [0.29, 0.717) is 0 Å². The fourth-order valence-electron chi connectivity index (χ4n) is 3.52.